The minimum Gasteiger partial charge on any atom is -0.464 e. The van der Waals surface area contributed by atoms with Gasteiger partial charge in [-0.25, -0.2) is 8.42 Å². The third-order valence-electron chi connectivity index (χ3n) is 3.97. The molecular weight excluding hydrogens is 312 g/mol. The molecule has 0 fully saturated rings. The SMILES string of the molecule is Cl.O=S(=O)(c1ccc2occc2c1)N1CC2=C(CNC2)C1. The van der Waals surface area contributed by atoms with Crippen molar-refractivity contribution in [3.63, 3.8) is 0 Å². The molecule has 0 unspecified atom stereocenters. The van der Waals surface area contributed by atoms with Crippen molar-refractivity contribution in [3.8, 4) is 0 Å². The second-order valence-electron chi connectivity index (χ2n) is 5.20. The summed E-state index contributed by atoms with van der Waals surface area (Å²) in [5.41, 5.74) is 3.14. The topological polar surface area (TPSA) is 62.6 Å². The lowest BCUT2D eigenvalue weighted by Gasteiger charge is -2.18. The van der Waals surface area contributed by atoms with Crippen LogP contribution in [0.25, 0.3) is 11.0 Å². The second kappa shape index (κ2) is 5.14. The van der Waals surface area contributed by atoms with Gasteiger partial charge in [0.05, 0.1) is 11.2 Å². The van der Waals surface area contributed by atoms with Crippen molar-refractivity contribution in [2.24, 2.45) is 0 Å². The first-order chi connectivity index (χ1) is 9.64. The molecular formula is C14H15ClN2O3S. The maximum absolute atomic E-state index is 12.7. The summed E-state index contributed by atoms with van der Waals surface area (Å²) < 4.78 is 32.2. The van der Waals surface area contributed by atoms with Gasteiger partial charge in [0.2, 0.25) is 10.0 Å². The van der Waals surface area contributed by atoms with E-state index in [-0.39, 0.29) is 12.4 Å². The fourth-order valence-corrected chi connectivity index (χ4v) is 4.32. The fourth-order valence-electron chi connectivity index (χ4n) is 2.86. The Morgan fingerprint density at radius 3 is 2.52 bits per heavy atom. The van der Waals surface area contributed by atoms with Gasteiger partial charge in [-0.15, -0.1) is 12.4 Å². The van der Waals surface area contributed by atoms with Gasteiger partial charge in [0.15, 0.2) is 0 Å². The smallest absolute Gasteiger partial charge is 0.243 e. The molecule has 0 amide bonds. The molecule has 21 heavy (non-hydrogen) atoms. The van der Waals surface area contributed by atoms with Crippen LogP contribution in [0.15, 0.2) is 51.0 Å². The highest BCUT2D eigenvalue weighted by Gasteiger charge is 2.33. The number of nitrogens with zero attached hydrogens (tertiary/aromatic N) is 1. The van der Waals surface area contributed by atoms with Crippen LogP contribution in [0, 0.1) is 0 Å². The van der Waals surface area contributed by atoms with E-state index in [2.05, 4.69) is 5.32 Å². The van der Waals surface area contributed by atoms with Crippen molar-refractivity contribution < 1.29 is 12.8 Å². The molecule has 2 aliphatic heterocycles. The Bertz CT molecular complexity index is 810. The van der Waals surface area contributed by atoms with Crippen molar-refractivity contribution in [2.75, 3.05) is 26.2 Å². The third kappa shape index (κ3) is 2.28. The summed E-state index contributed by atoms with van der Waals surface area (Å²) in [6.45, 7) is 2.63. The molecule has 0 saturated heterocycles. The summed E-state index contributed by atoms with van der Waals surface area (Å²) >= 11 is 0. The van der Waals surface area contributed by atoms with Crippen molar-refractivity contribution in [1.29, 1.82) is 0 Å². The number of rotatable bonds is 2. The molecule has 0 atom stereocenters. The zero-order chi connectivity index (χ0) is 13.7. The van der Waals surface area contributed by atoms with Crippen LogP contribution in [0.1, 0.15) is 0 Å². The minimum atomic E-state index is -3.43. The quantitative estimate of drug-likeness (QED) is 0.854. The molecule has 0 aliphatic carbocycles. The van der Waals surface area contributed by atoms with Gasteiger partial charge in [-0.05, 0) is 35.4 Å². The molecule has 0 saturated carbocycles. The van der Waals surface area contributed by atoms with Crippen LogP contribution in [0.4, 0.5) is 0 Å². The predicted molar refractivity (Wildman–Crippen MR) is 82.1 cm³/mol. The van der Waals surface area contributed by atoms with E-state index in [0.29, 0.717) is 23.6 Å². The lowest BCUT2D eigenvalue weighted by atomic mass is 10.2. The molecule has 0 radical (unpaired) electrons. The fraction of sp³-hybridized carbons (Fsp3) is 0.286. The van der Waals surface area contributed by atoms with E-state index in [0.717, 1.165) is 18.5 Å². The molecule has 2 aromatic rings. The lowest BCUT2D eigenvalue weighted by molar-refractivity contribution is 0.473. The van der Waals surface area contributed by atoms with E-state index in [1.807, 2.05) is 0 Å². The average Bonchev–Trinajstić information content (AvgIpc) is 3.12. The highest BCUT2D eigenvalue weighted by atomic mass is 35.5. The summed E-state index contributed by atoms with van der Waals surface area (Å²) in [4.78, 5) is 0.334. The van der Waals surface area contributed by atoms with Crippen LogP contribution in [0.3, 0.4) is 0 Å². The number of furan rings is 1. The molecule has 1 aromatic carbocycles. The maximum Gasteiger partial charge on any atom is 0.243 e. The largest absolute Gasteiger partial charge is 0.464 e. The molecule has 0 bridgehead atoms. The summed E-state index contributed by atoms with van der Waals surface area (Å²) in [7, 11) is -3.43. The molecule has 2 aliphatic rings. The van der Waals surface area contributed by atoms with Crippen molar-refractivity contribution >= 4 is 33.4 Å². The Balaban J connectivity index is 0.00000132. The number of sulfonamides is 1. The molecule has 1 aromatic heterocycles. The maximum atomic E-state index is 12.7. The van der Waals surface area contributed by atoms with E-state index >= 15 is 0 Å². The number of benzene rings is 1. The Morgan fingerprint density at radius 2 is 1.81 bits per heavy atom. The van der Waals surface area contributed by atoms with Gasteiger partial charge in [-0.3, -0.25) is 0 Å². The van der Waals surface area contributed by atoms with Gasteiger partial charge in [-0.1, -0.05) is 0 Å². The summed E-state index contributed by atoms with van der Waals surface area (Å²) in [5, 5.41) is 4.06. The van der Waals surface area contributed by atoms with E-state index < -0.39 is 10.0 Å². The van der Waals surface area contributed by atoms with Crippen molar-refractivity contribution in [2.45, 2.75) is 4.90 Å². The highest BCUT2D eigenvalue weighted by Crippen LogP contribution is 2.28. The monoisotopic (exact) mass is 326 g/mol. The Labute approximate surface area is 129 Å². The molecule has 7 heteroatoms. The summed E-state index contributed by atoms with van der Waals surface area (Å²) in [6, 6.07) is 6.78. The number of nitrogens with one attached hydrogen (secondary N) is 1. The average molecular weight is 327 g/mol. The Hall–Kier alpha value is -1.34. The molecule has 0 spiro atoms. The van der Waals surface area contributed by atoms with E-state index in [1.165, 1.54) is 11.1 Å². The molecule has 112 valence electrons. The van der Waals surface area contributed by atoms with Crippen molar-refractivity contribution in [3.05, 3.63) is 41.7 Å². The molecule has 1 N–H and O–H groups in total. The van der Waals surface area contributed by atoms with Crippen LogP contribution < -0.4 is 5.32 Å². The first kappa shape index (κ1) is 14.6. The highest BCUT2D eigenvalue weighted by molar-refractivity contribution is 7.89. The number of hydrogen-bond donors (Lipinski definition) is 1. The van der Waals surface area contributed by atoms with Gasteiger partial charge in [0.1, 0.15) is 5.58 Å². The van der Waals surface area contributed by atoms with E-state index in [9.17, 15) is 8.42 Å². The second-order valence-corrected chi connectivity index (χ2v) is 7.14. The van der Waals surface area contributed by atoms with Gasteiger partial charge < -0.3 is 9.73 Å². The van der Waals surface area contributed by atoms with Crippen LogP contribution in [0.5, 0.6) is 0 Å². The zero-order valence-electron chi connectivity index (χ0n) is 11.2. The molecule has 4 rings (SSSR count). The lowest BCUT2D eigenvalue weighted by Crippen LogP contribution is -2.32. The Morgan fingerprint density at radius 1 is 1.10 bits per heavy atom. The van der Waals surface area contributed by atoms with Crippen molar-refractivity contribution in [1.82, 2.24) is 9.62 Å². The zero-order valence-corrected chi connectivity index (χ0v) is 12.8. The van der Waals surface area contributed by atoms with Crippen LogP contribution in [-0.2, 0) is 10.0 Å². The minimum absolute atomic E-state index is 0. The van der Waals surface area contributed by atoms with Gasteiger partial charge in [-0.2, -0.15) is 4.31 Å². The first-order valence-electron chi connectivity index (χ1n) is 6.52. The van der Waals surface area contributed by atoms with Crippen LogP contribution in [-0.4, -0.2) is 38.9 Å². The Kier molecular flexibility index (Phi) is 3.57. The van der Waals surface area contributed by atoms with Gasteiger partial charge >= 0.3 is 0 Å². The normalized spacial score (nSPS) is 19.0. The number of hydrogen-bond acceptors (Lipinski definition) is 4. The number of halogens is 1. The standard InChI is InChI=1S/C14H14N2O3S.ClH/c17-20(18,16-8-11-6-15-7-12(11)9-16)13-1-2-14-10(5-13)3-4-19-14;/h1-5,15H,6-9H2;1H. The summed E-state index contributed by atoms with van der Waals surface area (Å²) in [5.74, 6) is 0. The molecule has 5 nitrogen and oxygen atoms in total. The van der Waals surface area contributed by atoms with Gasteiger partial charge in [0, 0.05) is 31.6 Å². The van der Waals surface area contributed by atoms with E-state index in [4.69, 9.17) is 4.42 Å². The first-order valence-corrected chi connectivity index (χ1v) is 7.96. The third-order valence-corrected chi connectivity index (χ3v) is 5.76. The van der Waals surface area contributed by atoms with Gasteiger partial charge in [0.25, 0.3) is 0 Å². The summed E-state index contributed by atoms with van der Waals surface area (Å²) in [6.07, 6.45) is 1.57. The number of fused-ring (bicyclic) bond motifs is 1. The van der Waals surface area contributed by atoms with E-state index in [1.54, 1.807) is 34.8 Å². The van der Waals surface area contributed by atoms with Crippen LogP contribution in [0.2, 0.25) is 0 Å². The predicted octanol–water partition coefficient (Wildman–Crippen LogP) is 1.76. The van der Waals surface area contributed by atoms with Crippen LogP contribution >= 0.6 is 12.4 Å². The molecule has 3 heterocycles.